The monoisotopic (exact) mass is 156 g/mol. The predicted molar refractivity (Wildman–Crippen MR) is 22.1 cm³/mol. The molecular formula is C2HKN2O2S. The second-order valence-electron chi connectivity index (χ2n) is 0.417. The molecule has 0 aliphatic heterocycles. The Balaban J connectivity index is -0.000000180. The van der Waals surface area contributed by atoms with E-state index >= 15 is 0 Å². The van der Waals surface area contributed by atoms with Crippen molar-refractivity contribution in [2.24, 2.45) is 0 Å². The van der Waals surface area contributed by atoms with Crippen LogP contribution < -0.4 is 51.4 Å². The van der Waals surface area contributed by atoms with Crippen LogP contribution in [0.1, 0.15) is 1.43 Å². The first-order chi connectivity index (χ1) is 3.41. The van der Waals surface area contributed by atoms with Gasteiger partial charge in [-0.1, -0.05) is 0 Å². The Hall–Kier alpha value is 0.566. The predicted octanol–water partition coefficient (Wildman–Crippen LogP) is -2.34. The van der Waals surface area contributed by atoms with Gasteiger partial charge in [-0.25, -0.2) is 0 Å². The summed E-state index contributed by atoms with van der Waals surface area (Å²) in [6.45, 7) is 0. The number of hydrogen-bond acceptors (Lipinski definition) is 5. The maximum atomic E-state index is 7.61. The normalized spacial score (nSPS) is 4.75. The van der Waals surface area contributed by atoms with Gasteiger partial charge in [0.1, 0.15) is 0 Å². The van der Waals surface area contributed by atoms with Gasteiger partial charge in [-0.15, -0.1) is 10.5 Å². The van der Waals surface area contributed by atoms with Crippen molar-refractivity contribution in [2.75, 3.05) is 0 Å². The van der Waals surface area contributed by atoms with Crippen molar-refractivity contribution in [1.82, 2.24) is 0 Å². The molecule has 0 N–H and O–H groups in total. The first-order valence-electron chi connectivity index (χ1n) is 1.19. The van der Waals surface area contributed by atoms with Gasteiger partial charge in [0.05, 0.1) is 0 Å². The smallest absolute Gasteiger partial charge is 1.00 e. The molecule has 0 rings (SSSR count). The van der Waals surface area contributed by atoms with Crippen molar-refractivity contribution in [3.63, 3.8) is 0 Å². The summed E-state index contributed by atoms with van der Waals surface area (Å²) in [5.41, 5.74) is 0. The molecule has 0 aromatic carbocycles. The summed E-state index contributed by atoms with van der Waals surface area (Å²) >= 11 is 0.331. The van der Waals surface area contributed by atoms with Crippen molar-refractivity contribution in [3.05, 3.63) is 0 Å². The van der Waals surface area contributed by atoms with Crippen molar-refractivity contribution >= 4 is 12.3 Å². The number of nitrogens with zero attached hydrogens (tertiary/aromatic N) is 2. The van der Waals surface area contributed by atoms with E-state index in [1.165, 1.54) is 12.5 Å². The summed E-state index contributed by atoms with van der Waals surface area (Å²) in [5, 5.41) is 15.2. The van der Waals surface area contributed by atoms with Gasteiger partial charge in [-0.3, -0.25) is 0 Å². The van der Waals surface area contributed by atoms with E-state index < -0.39 is 0 Å². The van der Waals surface area contributed by atoms with Crippen LogP contribution in [0.4, 0.5) is 0 Å². The van der Waals surface area contributed by atoms with E-state index in [1.54, 1.807) is 0 Å². The van der Waals surface area contributed by atoms with Crippen molar-refractivity contribution in [1.29, 1.82) is 10.5 Å². The average Bonchev–Trinajstić information content (AvgIpc) is 1.69. The number of hydrogen-bond donors (Lipinski definition) is 0. The van der Waals surface area contributed by atoms with Crippen molar-refractivity contribution in [2.45, 2.75) is 0 Å². The molecule has 0 bridgehead atoms. The Morgan fingerprint density at radius 3 is 1.88 bits per heavy atom. The molecule has 0 spiro atoms. The third-order valence-corrected chi connectivity index (χ3v) is 0.428. The fraction of sp³-hybridized carbons (Fsp3) is 0. The molecular weight excluding hydrogens is 155 g/mol. The summed E-state index contributed by atoms with van der Waals surface area (Å²) in [6, 6.07) is 0. The molecule has 0 aromatic rings. The summed E-state index contributed by atoms with van der Waals surface area (Å²) in [5.74, 6) is 0. The molecule has 4 nitrogen and oxygen atoms in total. The molecule has 0 saturated heterocycles. The number of nitriles is 2. The van der Waals surface area contributed by atoms with E-state index in [4.69, 9.17) is 10.5 Å². The van der Waals surface area contributed by atoms with Gasteiger partial charge in [-0.05, 0) is 0 Å². The Labute approximate surface area is 95.1 Å². The maximum Gasteiger partial charge on any atom is 1.00 e. The van der Waals surface area contributed by atoms with Crippen LogP contribution in [0, 0.1) is 23.0 Å². The molecule has 0 unspecified atom stereocenters. The summed E-state index contributed by atoms with van der Waals surface area (Å²) in [6.07, 6.45) is 2.58. The fourth-order valence-electron chi connectivity index (χ4n) is 0.0474. The minimum Gasteiger partial charge on any atom is -1.00 e. The first kappa shape index (κ1) is 11.4. The van der Waals surface area contributed by atoms with Crippen LogP contribution in [0.25, 0.3) is 0 Å². The van der Waals surface area contributed by atoms with E-state index in [0.29, 0.717) is 12.3 Å². The molecule has 0 radical (unpaired) electrons. The first-order valence-corrected chi connectivity index (χ1v) is 1.86. The molecule has 0 heterocycles. The van der Waals surface area contributed by atoms with Crippen LogP contribution in [-0.2, 0) is 8.37 Å². The second-order valence-corrected chi connectivity index (χ2v) is 0.887. The molecule has 0 atom stereocenters. The molecule has 8 heavy (non-hydrogen) atoms. The van der Waals surface area contributed by atoms with Crippen LogP contribution in [0.5, 0.6) is 0 Å². The van der Waals surface area contributed by atoms with E-state index in [-0.39, 0.29) is 52.8 Å². The molecule has 0 fully saturated rings. The third-order valence-electron chi connectivity index (χ3n) is 0.143. The number of rotatable bonds is 2. The van der Waals surface area contributed by atoms with E-state index in [0.717, 1.165) is 0 Å². The van der Waals surface area contributed by atoms with E-state index in [9.17, 15) is 0 Å². The zero-order chi connectivity index (χ0) is 5.54. The molecule has 6 heteroatoms. The minimum atomic E-state index is 0. The van der Waals surface area contributed by atoms with Gasteiger partial charge in [0, 0.05) is 0 Å². The zero-order valence-corrected chi connectivity index (χ0v) is 8.06. The molecule has 0 aromatic heterocycles. The van der Waals surface area contributed by atoms with Crippen LogP contribution in [0.15, 0.2) is 0 Å². The summed E-state index contributed by atoms with van der Waals surface area (Å²) < 4.78 is 7.70. The second kappa shape index (κ2) is 10.5. The van der Waals surface area contributed by atoms with Gasteiger partial charge < -0.3 is 9.79 Å². The molecule has 0 saturated carbocycles. The Bertz CT molecular complexity index is 107. The van der Waals surface area contributed by atoms with Gasteiger partial charge >= 0.3 is 76.2 Å². The van der Waals surface area contributed by atoms with E-state index in [1.807, 2.05) is 0 Å². The average molecular weight is 156 g/mol. The quantitative estimate of drug-likeness (QED) is 0.194. The van der Waals surface area contributed by atoms with Crippen molar-refractivity contribution in [3.8, 4) is 12.5 Å². The third kappa shape index (κ3) is 9.76. The van der Waals surface area contributed by atoms with Crippen molar-refractivity contribution < 1.29 is 61.2 Å². The van der Waals surface area contributed by atoms with Gasteiger partial charge in [-0.2, -0.15) is 0 Å². The Morgan fingerprint density at radius 1 is 1.25 bits per heavy atom. The van der Waals surface area contributed by atoms with Crippen LogP contribution >= 0.6 is 12.3 Å². The summed E-state index contributed by atoms with van der Waals surface area (Å²) in [7, 11) is 0. The maximum absolute atomic E-state index is 7.61. The van der Waals surface area contributed by atoms with E-state index in [2.05, 4.69) is 8.37 Å². The van der Waals surface area contributed by atoms with Gasteiger partial charge in [0.25, 0.3) is 0 Å². The van der Waals surface area contributed by atoms with Crippen LogP contribution in [0.2, 0.25) is 0 Å². The van der Waals surface area contributed by atoms with Gasteiger partial charge in [0.15, 0.2) is 0 Å². The largest absolute Gasteiger partial charge is 1.00 e. The SMILES string of the molecule is N#COSOC#N.[H-].[K+]. The molecule has 0 amide bonds. The molecule has 0 aliphatic rings. The molecule has 38 valence electrons. The standard InChI is InChI=1S/C2N2O2S.K.H/c3-1-5-7-6-2-4;;/q;+1;-1. The summed E-state index contributed by atoms with van der Waals surface area (Å²) in [4.78, 5) is 0. The zero-order valence-electron chi connectivity index (χ0n) is 5.12. The van der Waals surface area contributed by atoms with Crippen LogP contribution in [0.3, 0.4) is 0 Å². The Kier molecular flexibility index (Phi) is 15.0. The van der Waals surface area contributed by atoms with Gasteiger partial charge in [0.2, 0.25) is 0 Å². The fourth-order valence-corrected chi connectivity index (χ4v) is 0.142. The Morgan fingerprint density at radius 2 is 1.62 bits per heavy atom. The minimum absolute atomic E-state index is 0. The van der Waals surface area contributed by atoms with Crippen LogP contribution in [-0.4, -0.2) is 0 Å². The topological polar surface area (TPSA) is 66.0 Å². The molecule has 0 aliphatic carbocycles.